The van der Waals surface area contributed by atoms with Crippen LogP contribution in [0.5, 0.6) is 0 Å². The Labute approximate surface area is 147 Å². The normalized spacial score (nSPS) is 11.2. The zero-order valence-electron chi connectivity index (χ0n) is 13.3. The second-order valence-electron chi connectivity index (χ2n) is 5.36. The molecular weight excluding hydrogens is 343 g/mol. The fourth-order valence-electron chi connectivity index (χ4n) is 2.22. The first-order valence-electron chi connectivity index (χ1n) is 7.35. The summed E-state index contributed by atoms with van der Waals surface area (Å²) in [6.07, 6.45) is -0.140. The molecule has 0 aliphatic rings. The summed E-state index contributed by atoms with van der Waals surface area (Å²) in [5, 5.41) is 22.0. The fraction of sp³-hybridized carbons (Fsp3) is 0.118. The van der Waals surface area contributed by atoms with Gasteiger partial charge in [0.2, 0.25) is 11.7 Å². The molecule has 2 aromatic carbocycles. The predicted octanol–water partition coefficient (Wildman–Crippen LogP) is 1.43. The number of nitrogens with one attached hydrogen (secondary N) is 1. The first kappa shape index (κ1) is 18.5. The SMILES string of the molecule is N#Cc1ccc(C(=O)N[C@H](Cc2ccc(F)c([N+](=O)[O-])c2)C(N)=O)cc1. The number of nitro groups is 1. The quantitative estimate of drug-likeness (QED) is 0.595. The number of amides is 2. The number of nitro benzene ring substituents is 1. The van der Waals surface area contributed by atoms with Crippen LogP contribution in [0.4, 0.5) is 10.1 Å². The minimum absolute atomic E-state index is 0.140. The van der Waals surface area contributed by atoms with Gasteiger partial charge in [-0.2, -0.15) is 9.65 Å². The number of primary amides is 1. The Hall–Kier alpha value is -3.80. The molecule has 0 spiro atoms. The first-order chi connectivity index (χ1) is 12.3. The van der Waals surface area contributed by atoms with Crippen LogP contribution in [0, 0.1) is 27.3 Å². The number of carbonyl (C=O) groups excluding carboxylic acids is 2. The van der Waals surface area contributed by atoms with Crippen LogP contribution in [0.3, 0.4) is 0 Å². The summed E-state index contributed by atoms with van der Waals surface area (Å²) in [5.41, 5.74) is 5.39. The molecule has 0 aliphatic heterocycles. The lowest BCUT2D eigenvalue weighted by atomic mass is 10.0. The van der Waals surface area contributed by atoms with Crippen LogP contribution in [0.1, 0.15) is 21.5 Å². The zero-order valence-corrected chi connectivity index (χ0v) is 13.3. The molecule has 2 rings (SSSR count). The monoisotopic (exact) mass is 356 g/mol. The Balaban J connectivity index is 2.17. The maximum Gasteiger partial charge on any atom is 0.305 e. The molecule has 9 heteroatoms. The van der Waals surface area contributed by atoms with Crippen molar-refractivity contribution in [3.8, 4) is 6.07 Å². The Morgan fingerprint density at radius 1 is 1.27 bits per heavy atom. The molecule has 0 aliphatic carbocycles. The van der Waals surface area contributed by atoms with E-state index in [2.05, 4.69) is 5.32 Å². The number of nitrogens with two attached hydrogens (primary N) is 1. The topological polar surface area (TPSA) is 139 Å². The highest BCUT2D eigenvalue weighted by atomic mass is 19.1. The Kier molecular flexibility index (Phi) is 5.60. The van der Waals surface area contributed by atoms with E-state index < -0.39 is 34.3 Å². The highest BCUT2D eigenvalue weighted by molar-refractivity contribution is 5.97. The van der Waals surface area contributed by atoms with Crippen LogP contribution >= 0.6 is 0 Å². The Morgan fingerprint density at radius 3 is 2.46 bits per heavy atom. The predicted molar refractivity (Wildman–Crippen MR) is 88.4 cm³/mol. The van der Waals surface area contributed by atoms with Gasteiger partial charge >= 0.3 is 5.69 Å². The molecule has 1 atom stereocenters. The van der Waals surface area contributed by atoms with Crippen LogP contribution in [0.2, 0.25) is 0 Å². The summed E-state index contributed by atoms with van der Waals surface area (Å²) in [6, 6.07) is 9.64. The number of rotatable bonds is 6. The third-order valence-electron chi connectivity index (χ3n) is 3.57. The van der Waals surface area contributed by atoms with Gasteiger partial charge in [-0.25, -0.2) is 0 Å². The molecule has 8 nitrogen and oxygen atoms in total. The minimum Gasteiger partial charge on any atom is -0.368 e. The van der Waals surface area contributed by atoms with E-state index in [1.807, 2.05) is 6.07 Å². The number of hydrogen-bond donors (Lipinski definition) is 2. The second-order valence-corrected chi connectivity index (χ2v) is 5.36. The molecule has 2 aromatic rings. The van der Waals surface area contributed by atoms with Crippen molar-refractivity contribution in [2.45, 2.75) is 12.5 Å². The molecule has 0 saturated carbocycles. The average molecular weight is 356 g/mol. The van der Waals surface area contributed by atoms with E-state index in [0.29, 0.717) is 5.56 Å². The molecule has 0 fully saturated rings. The van der Waals surface area contributed by atoms with Crippen molar-refractivity contribution in [2.24, 2.45) is 5.73 Å². The number of benzene rings is 2. The van der Waals surface area contributed by atoms with Gasteiger partial charge in [0.05, 0.1) is 16.6 Å². The number of nitrogens with zero attached hydrogens (tertiary/aromatic N) is 2. The number of halogens is 1. The van der Waals surface area contributed by atoms with Crippen LogP contribution in [-0.2, 0) is 11.2 Å². The van der Waals surface area contributed by atoms with Crippen molar-refractivity contribution >= 4 is 17.5 Å². The summed E-state index contributed by atoms with van der Waals surface area (Å²) in [7, 11) is 0. The Bertz CT molecular complexity index is 906. The zero-order chi connectivity index (χ0) is 19.3. The minimum atomic E-state index is -1.15. The third-order valence-corrected chi connectivity index (χ3v) is 3.57. The van der Waals surface area contributed by atoms with E-state index in [1.54, 1.807) is 0 Å². The molecule has 0 unspecified atom stereocenters. The van der Waals surface area contributed by atoms with Crippen LogP contribution in [0.25, 0.3) is 0 Å². The van der Waals surface area contributed by atoms with E-state index in [-0.39, 0.29) is 17.5 Å². The Morgan fingerprint density at radius 2 is 1.92 bits per heavy atom. The van der Waals surface area contributed by atoms with Crippen LogP contribution in [-0.4, -0.2) is 22.8 Å². The maximum atomic E-state index is 13.4. The van der Waals surface area contributed by atoms with Gasteiger partial charge in [0.15, 0.2) is 0 Å². The van der Waals surface area contributed by atoms with Gasteiger partial charge in [-0.3, -0.25) is 19.7 Å². The van der Waals surface area contributed by atoms with Crippen LogP contribution < -0.4 is 11.1 Å². The number of hydrogen-bond acceptors (Lipinski definition) is 5. The first-order valence-corrected chi connectivity index (χ1v) is 7.35. The van der Waals surface area contributed by atoms with E-state index >= 15 is 0 Å². The summed E-state index contributed by atoms with van der Waals surface area (Å²) in [5.74, 6) is -2.45. The van der Waals surface area contributed by atoms with E-state index in [1.165, 1.54) is 30.3 Å². The van der Waals surface area contributed by atoms with Gasteiger partial charge < -0.3 is 11.1 Å². The summed E-state index contributed by atoms with van der Waals surface area (Å²) in [6.45, 7) is 0. The van der Waals surface area contributed by atoms with E-state index in [0.717, 1.165) is 12.1 Å². The molecule has 0 saturated heterocycles. The molecule has 132 valence electrons. The van der Waals surface area contributed by atoms with Gasteiger partial charge in [0, 0.05) is 18.1 Å². The van der Waals surface area contributed by atoms with Gasteiger partial charge in [0.25, 0.3) is 5.91 Å². The summed E-state index contributed by atoms with van der Waals surface area (Å²) in [4.78, 5) is 33.7. The van der Waals surface area contributed by atoms with Crippen molar-refractivity contribution in [3.05, 3.63) is 75.1 Å². The third kappa shape index (κ3) is 4.39. The fourth-order valence-corrected chi connectivity index (χ4v) is 2.22. The molecule has 0 bridgehead atoms. The van der Waals surface area contributed by atoms with Crippen molar-refractivity contribution in [2.75, 3.05) is 0 Å². The molecular formula is C17H13FN4O4. The summed E-state index contributed by atoms with van der Waals surface area (Å²) < 4.78 is 13.4. The number of carbonyl (C=O) groups is 2. The standard InChI is InChI=1S/C17H13FN4O4/c18-13-6-3-11(8-15(13)22(25)26)7-14(16(20)23)21-17(24)12-4-1-10(9-19)2-5-12/h1-6,8,14H,7H2,(H2,20,23)(H,21,24)/t14-/m1/s1. The lowest BCUT2D eigenvalue weighted by molar-refractivity contribution is -0.387. The highest BCUT2D eigenvalue weighted by Gasteiger charge is 2.22. The number of nitriles is 1. The van der Waals surface area contributed by atoms with E-state index in [4.69, 9.17) is 11.0 Å². The van der Waals surface area contributed by atoms with Crippen molar-refractivity contribution in [1.29, 1.82) is 5.26 Å². The van der Waals surface area contributed by atoms with Crippen molar-refractivity contribution < 1.29 is 18.9 Å². The molecule has 0 aromatic heterocycles. The maximum absolute atomic E-state index is 13.4. The smallest absolute Gasteiger partial charge is 0.305 e. The highest BCUT2D eigenvalue weighted by Crippen LogP contribution is 2.19. The van der Waals surface area contributed by atoms with Gasteiger partial charge in [-0.05, 0) is 35.9 Å². The lowest BCUT2D eigenvalue weighted by Gasteiger charge is -2.15. The van der Waals surface area contributed by atoms with Crippen molar-refractivity contribution in [3.63, 3.8) is 0 Å². The van der Waals surface area contributed by atoms with Crippen LogP contribution in [0.15, 0.2) is 42.5 Å². The summed E-state index contributed by atoms with van der Waals surface area (Å²) >= 11 is 0. The van der Waals surface area contributed by atoms with Gasteiger partial charge in [0.1, 0.15) is 6.04 Å². The molecule has 0 radical (unpaired) electrons. The largest absolute Gasteiger partial charge is 0.368 e. The molecule has 3 N–H and O–H groups in total. The molecule has 2 amide bonds. The molecule has 26 heavy (non-hydrogen) atoms. The van der Waals surface area contributed by atoms with E-state index in [9.17, 15) is 24.1 Å². The lowest BCUT2D eigenvalue weighted by Crippen LogP contribution is -2.45. The molecule has 0 heterocycles. The van der Waals surface area contributed by atoms with Gasteiger partial charge in [-0.1, -0.05) is 6.07 Å². The second kappa shape index (κ2) is 7.85. The van der Waals surface area contributed by atoms with Gasteiger partial charge in [-0.15, -0.1) is 0 Å². The van der Waals surface area contributed by atoms with Crippen molar-refractivity contribution in [1.82, 2.24) is 5.32 Å². The average Bonchev–Trinajstić information content (AvgIpc) is 2.62.